The molecule has 0 saturated carbocycles. The molecule has 0 bridgehead atoms. The molecule has 4 rings (SSSR count). The number of hydrogen-bond donors (Lipinski definition) is 2. The number of aliphatic imine (C=N–C) groups is 1. The molecule has 8 nitrogen and oxygen atoms in total. The Balaban J connectivity index is 1.54. The maximum absolute atomic E-state index is 14.1. The van der Waals surface area contributed by atoms with Crippen LogP contribution in [0.3, 0.4) is 0 Å². The van der Waals surface area contributed by atoms with Crippen LogP contribution in [0.4, 0.5) is 33.2 Å². The van der Waals surface area contributed by atoms with Gasteiger partial charge in [0.2, 0.25) is 11.8 Å². The minimum Gasteiger partial charge on any atom is -0.486 e. The Hall–Kier alpha value is -3.75. The lowest BCUT2D eigenvalue weighted by Crippen LogP contribution is -2.05. The van der Waals surface area contributed by atoms with E-state index in [4.69, 9.17) is 9.47 Å². The Morgan fingerprint density at radius 3 is 2.78 bits per heavy atom. The summed E-state index contributed by atoms with van der Waals surface area (Å²) in [7, 11) is 1.54. The number of fused-ring (bicyclic) bond motifs is 1. The van der Waals surface area contributed by atoms with E-state index in [0.29, 0.717) is 35.3 Å². The minimum atomic E-state index is -0.578. The fourth-order valence-electron chi connectivity index (χ4n) is 2.44. The first-order valence-corrected chi connectivity index (χ1v) is 8.07. The normalized spacial score (nSPS) is 12.1. The average molecular weight is 366 g/mol. The quantitative estimate of drug-likeness (QED) is 0.712. The smallest absolute Gasteiger partial charge is 0.229 e. The Kier molecular flexibility index (Phi) is 4.48. The zero-order chi connectivity index (χ0) is 18.6. The maximum atomic E-state index is 14.1. The summed E-state index contributed by atoms with van der Waals surface area (Å²) in [6, 6.07) is 8.75. The Morgan fingerprint density at radius 2 is 1.96 bits per heavy atom. The summed E-state index contributed by atoms with van der Waals surface area (Å²) in [5.41, 5.74) is 1.95. The van der Waals surface area contributed by atoms with Gasteiger partial charge in [-0.15, -0.1) is 0 Å². The summed E-state index contributed by atoms with van der Waals surface area (Å²) in [5, 5.41) is 5.90. The van der Waals surface area contributed by atoms with Crippen LogP contribution in [-0.4, -0.2) is 34.9 Å². The van der Waals surface area contributed by atoms with Crippen LogP contribution in [0.5, 0.6) is 11.6 Å². The molecule has 0 atom stereocenters. The number of methoxy groups -OCH3 is 1. The SMILES string of the molecule is COc1ccc(Nc2ncc(F)c(Nc3ccc4c(c3)N=CCO4)n2)cn1. The van der Waals surface area contributed by atoms with Crippen molar-refractivity contribution in [1.82, 2.24) is 15.0 Å². The van der Waals surface area contributed by atoms with Gasteiger partial charge in [0.25, 0.3) is 0 Å². The molecule has 9 heteroatoms. The molecule has 1 aliphatic rings. The number of halogens is 1. The largest absolute Gasteiger partial charge is 0.486 e. The van der Waals surface area contributed by atoms with Gasteiger partial charge in [0, 0.05) is 18.0 Å². The van der Waals surface area contributed by atoms with Crippen molar-refractivity contribution in [2.75, 3.05) is 24.4 Å². The molecule has 27 heavy (non-hydrogen) atoms. The van der Waals surface area contributed by atoms with E-state index < -0.39 is 5.82 Å². The number of benzene rings is 1. The zero-order valence-electron chi connectivity index (χ0n) is 14.3. The molecule has 0 unspecified atom stereocenters. The van der Waals surface area contributed by atoms with Gasteiger partial charge in [-0.2, -0.15) is 4.98 Å². The standard InChI is InChI=1S/C18H15FN6O2/c1-26-16-5-3-12(9-21-16)24-18-22-10-13(19)17(25-18)23-11-2-4-15-14(8-11)20-6-7-27-15/h2-6,8-10H,7H2,1H3,(H2,22,23,24,25). The molecule has 3 aromatic rings. The Labute approximate surface area is 154 Å². The highest BCUT2D eigenvalue weighted by Gasteiger charge is 2.11. The van der Waals surface area contributed by atoms with E-state index in [0.717, 1.165) is 6.20 Å². The summed E-state index contributed by atoms with van der Waals surface area (Å²) in [4.78, 5) is 16.5. The molecular weight excluding hydrogens is 351 g/mol. The van der Waals surface area contributed by atoms with Crippen LogP contribution in [0.25, 0.3) is 0 Å². The molecule has 0 spiro atoms. The number of anilines is 4. The van der Waals surface area contributed by atoms with Crippen LogP contribution in [0.1, 0.15) is 0 Å². The van der Waals surface area contributed by atoms with E-state index in [1.54, 1.807) is 42.7 Å². The number of rotatable bonds is 5. The fourth-order valence-corrected chi connectivity index (χ4v) is 2.44. The summed E-state index contributed by atoms with van der Waals surface area (Å²) in [6.45, 7) is 0.440. The molecule has 2 N–H and O–H groups in total. The zero-order valence-corrected chi connectivity index (χ0v) is 14.3. The van der Waals surface area contributed by atoms with E-state index in [9.17, 15) is 4.39 Å². The molecular formula is C18H15FN6O2. The fraction of sp³-hybridized carbons (Fsp3) is 0.111. The average Bonchev–Trinajstić information content (AvgIpc) is 2.71. The molecule has 136 valence electrons. The van der Waals surface area contributed by atoms with Crippen molar-refractivity contribution in [2.24, 2.45) is 4.99 Å². The van der Waals surface area contributed by atoms with Crippen LogP contribution >= 0.6 is 0 Å². The van der Waals surface area contributed by atoms with Crippen molar-refractivity contribution in [3.8, 4) is 11.6 Å². The van der Waals surface area contributed by atoms with Crippen molar-refractivity contribution >= 4 is 35.0 Å². The topological polar surface area (TPSA) is 93.5 Å². The molecule has 0 fully saturated rings. The van der Waals surface area contributed by atoms with Gasteiger partial charge in [-0.3, -0.25) is 4.99 Å². The van der Waals surface area contributed by atoms with E-state index in [1.807, 2.05) is 0 Å². The van der Waals surface area contributed by atoms with E-state index in [1.165, 1.54) is 7.11 Å². The summed E-state index contributed by atoms with van der Waals surface area (Å²) in [6.07, 6.45) is 4.33. The molecule has 1 aromatic carbocycles. The second-order valence-electron chi connectivity index (χ2n) is 5.53. The maximum Gasteiger partial charge on any atom is 0.229 e. The van der Waals surface area contributed by atoms with Crippen molar-refractivity contribution in [3.05, 3.63) is 48.5 Å². The second kappa shape index (κ2) is 7.24. The first kappa shape index (κ1) is 16.7. The third kappa shape index (κ3) is 3.76. The predicted octanol–water partition coefficient (Wildman–Crippen LogP) is 3.60. The third-order valence-electron chi connectivity index (χ3n) is 3.71. The number of hydrogen-bond acceptors (Lipinski definition) is 8. The highest BCUT2D eigenvalue weighted by Crippen LogP contribution is 2.33. The lowest BCUT2D eigenvalue weighted by molar-refractivity contribution is 0.377. The van der Waals surface area contributed by atoms with Crippen LogP contribution in [0.15, 0.2) is 47.7 Å². The van der Waals surface area contributed by atoms with Crippen LogP contribution < -0.4 is 20.1 Å². The third-order valence-corrected chi connectivity index (χ3v) is 3.71. The number of pyridine rings is 1. The van der Waals surface area contributed by atoms with Gasteiger partial charge in [0.15, 0.2) is 11.6 Å². The first-order valence-electron chi connectivity index (χ1n) is 8.07. The summed E-state index contributed by atoms with van der Waals surface area (Å²) >= 11 is 0. The molecule has 3 heterocycles. The number of nitrogens with zero attached hydrogens (tertiary/aromatic N) is 4. The van der Waals surface area contributed by atoms with E-state index >= 15 is 0 Å². The van der Waals surface area contributed by atoms with Gasteiger partial charge in [0.05, 0.1) is 25.2 Å². The van der Waals surface area contributed by atoms with E-state index in [-0.39, 0.29) is 11.8 Å². The predicted molar refractivity (Wildman–Crippen MR) is 99.4 cm³/mol. The van der Waals surface area contributed by atoms with Gasteiger partial charge < -0.3 is 20.1 Å². The van der Waals surface area contributed by atoms with E-state index in [2.05, 4.69) is 30.6 Å². The Morgan fingerprint density at radius 1 is 1.07 bits per heavy atom. The van der Waals surface area contributed by atoms with Gasteiger partial charge in [-0.1, -0.05) is 0 Å². The molecule has 0 aliphatic carbocycles. The van der Waals surface area contributed by atoms with Crippen LogP contribution in [0, 0.1) is 5.82 Å². The minimum absolute atomic E-state index is 0.0367. The number of aromatic nitrogens is 3. The van der Waals surface area contributed by atoms with Gasteiger partial charge >= 0.3 is 0 Å². The molecule has 0 saturated heterocycles. The van der Waals surface area contributed by atoms with Gasteiger partial charge in [0.1, 0.15) is 18.0 Å². The van der Waals surface area contributed by atoms with Crippen molar-refractivity contribution < 1.29 is 13.9 Å². The molecule has 2 aromatic heterocycles. The molecule has 1 aliphatic heterocycles. The highest BCUT2D eigenvalue weighted by molar-refractivity contribution is 5.74. The Bertz CT molecular complexity index is 994. The lowest BCUT2D eigenvalue weighted by atomic mass is 10.2. The highest BCUT2D eigenvalue weighted by atomic mass is 19.1. The van der Waals surface area contributed by atoms with Crippen molar-refractivity contribution in [1.29, 1.82) is 0 Å². The summed E-state index contributed by atoms with van der Waals surface area (Å²) < 4.78 is 24.6. The van der Waals surface area contributed by atoms with Gasteiger partial charge in [-0.25, -0.2) is 14.4 Å². The monoisotopic (exact) mass is 366 g/mol. The first-order chi connectivity index (χ1) is 13.2. The number of nitrogens with one attached hydrogen (secondary N) is 2. The lowest BCUT2D eigenvalue weighted by Gasteiger charge is -2.14. The van der Waals surface area contributed by atoms with Crippen molar-refractivity contribution in [2.45, 2.75) is 0 Å². The molecule has 0 amide bonds. The van der Waals surface area contributed by atoms with Crippen molar-refractivity contribution in [3.63, 3.8) is 0 Å². The second-order valence-corrected chi connectivity index (χ2v) is 5.53. The van der Waals surface area contributed by atoms with Gasteiger partial charge in [-0.05, 0) is 24.3 Å². The van der Waals surface area contributed by atoms with Crippen LogP contribution in [0.2, 0.25) is 0 Å². The molecule has 0 radical (unpaired) electrons. The number of ether oxygens (including phenoxy) is 2. The summed E-state index contributed by atoms with van der Waals surface area (Å²) in [5.74, 6) is 0.855. The van der Waals surface area contributed by atoms with Crippen LogP contribution in [-0.2, 0) is 0 Å².